The van der Waals surface area contributed by atoms with Gasteiger partial charge in [0, 0.05) is 41.8 Å². The van der Waals surface area contributed by atoms with E-state index in [0.29, 0.717) is 6.54 Å². The minimum Gasteiger partial charge on any atom is -0.360 e. The summed E-state index contributed by atoms with van der Waals surface area (Å²) in [6.45, 7) is 2.72. The number of aromatic amines is 1. The highest BCUT2D eigenvalue weighted by molar-refractivity contribution is 5.93. The van der Waals surface area contributed by atoms with Crippen molar-refractivity contribution in [2.45, 2.75) is 13.3 Å². The van der Waals surface area contributed by atoms with E-state index < -0.39 is 0 Å². The average molecular weight is 254 g/mol. The molecule has 0 aliphatic carbocycles. The van der Waals surface area contributed by atoms with E-state index in [1.165, 1.54) is 11.1 Å². The van der Waals surface area contributed by atoms with Gasteiger partial charge in [-0.15, -0.1) is 0 Å². The van der Waals surface area contributed by atoms with Crippen LogP contribution >= 0.6 is 0 Å². The second-order valence-corrected chi connectivity index (χ2v) is 4.81. The minimum atomic E-state index is 0.630. The summed E-state index contributed by atoms with van der Waals surface area (Å²) in [4.78, 5) is 8.05. The first-order valence-electron chi connectivity index (χ1n) is 6.51. The predicted molar refractivity (Wildman–Crippen MR) is 78.0 cm³/mol. The van der Waals surface area contributed by atoms with Crippen molar-refractivity contribution in [3.8, 4) is 11.4 Å². The van der Waals surface area contributed by atoms with Gasteiger partial charge in [0.25, 0.3) is 0 Å². The predicted octanol–water partition coefficient (Wildman–Crippen LogP) is 2.38. The number of imidazole rings is 1. The number of rotatable bonds is 3. The molecule has 0 unspecified atom stereocenters. The number of nitrogens with zero attached hydrogens (tertiary/aromatic N) is 2. The van der Waals surface area contributed by atoms with E-state index in [2.05, 4.69) is 41.7 Å². The third kappa shape index (κ3) is 1.85. The van der Waals surface area contributed by atoms with Crippen molar-refractivity contribution in [1.82, 2.24) is 14.5 Å². The normalized spacial score (nSPS) is 11.3. The van der Waals surface area contributed by atoms with Gasteiger partial charge in [-0.3, -0.25) is 0 Å². The summed E-state index contributed by atoms with van der Waals surface area (Å²) < 4.78 is 2.14. The molecule has 0 saturated carbocycles. The van der Waals surface area contributed by atoms with Crippen LogP contribution in [0, 0.1) is 6.92 Å². The lowest BCUT2D eigenvalue weighted by atomic mass is 10.1. The Morgan fingerprint density at radius 2 is 2.11 bits per heavy atom. The quantitative estimate of drug-likeness (QED) is 0.754. The number of benzene rings is 1. The smallest absolute Gasteiger partial charge is 0.142 e. The molecule has 0 amide bonds. The van der Waals surface area contributed by atoms with Crippen molar-refractivity contribution >= 4 is 10.9 Å². The van der Waals surface area contributed by atoms with Gasteiger partial charge in [-0.25, -0.2) is 4.98 Å². The average Bonchev–Trinajstić information content (AvgIpc) is 2.96. The number of fused-ring (bicyclic) bond motifs is 1. The molecule has 4 heteroatoms. The number of nitrogens with one attached hydrogen (secondary N) is 1. The summed E-state index contributed by atoms with van der Waals surface area (Å²) in [5, 5.41) is 1.20. The molecule has 0 saturated heterocycles. The Morgan fingerprint density at radius 3 is 2.89 bits per heavy atom. The fraction of sp³-hybridized carbons (Fsp3) is 0.267. The second-order valence-electron chi connectivity index (χ2n) is 4.81. The van der Waals surface area contributed by atoms with E-state index in [0.717, 1.165) is 29.0 Å². The van der Waals surface area contributed by atoms with Crippen LogP contribution in [0.5, 0.6) is 0 Å². The molecule has 0 fully saturated rings. The first-order chi connectivity index (χ1) is 9.22. The van der Waals surface area contributed by atoms with Gasteiger partial charge < -0.3 is 15.3 Å². The van der Waals surface area contributed by atoms with E-state index in [4.69, 9.17) is 10.7 Å². The van der Waals surface area contributed by atoms with Gasteiger partial charge in [-0.2, -0.15) is 0 Å². The number of H-pyrrole nitrogens is 1. The fourth-order valence-electron chi connectivity index (χ4n) is 2.51. The lowest BCUT2D eigenvalue weighted by Crippen LogP contribution is -2.04. The van der Waals surface area contributed by atoms with Crippen LogP contribution in [0.4, 0.5) is 0 Å². The molecule has 3 rings (SSSR count). The molecule has 0 aliphatic heterocycles. The molecule has 98 valence electrons. The van der Waals surface area contributed by atoms with E-state index in [-0.39, 0.29) is 0 Å². The highest BCUT2D eigenvalue weighted by Gasteiger charge is 2.15. The molecule has 4 nitrogen and oxygen atoms in total. The molecule has 0 spiro atoms. The first-order valence-corrected chi connectivity index (χ1v) is 6.51. The SMILES string of the molecule is Cc1c(CCN)nc(-c2c[nH]c3ccccc23)n1C. The maximum atomic E-state index is 5.64. The van der Waals surface area contributed by atoms with Gasteiger partial charge in [0.15, 0.2) is 0 Å². The number of hydrogen-bond donors (Lipinski definition) is 2. The zero-order valence-electron chi connectivity index (χ0n) is 11.3. The Kier molecular flexibility index (Phi) is 2.87. The second kappa shape index (κ2) is 4.55. The Balaban J connectivity index is 2.19. The number of nitrogens with two attached hydrogens (primary N) is 1. The van der Waals surface area contributed by atoms with Gasteiger partial charge in [0.2, 0.25) is 0 Å². The summed E-state index contributed by atoms with van der Waals surface area (Å²) in [6.07, 6.45) is 2.85. The number of aromatic nitrogens is 3. The van der Waals surface area contributed by atoms with E-state index in [1.807, 2.05) is 12.3 Å². The summed E-state index contributed by atoms with van der Waals surface area (Å²) >= 11 is 0. The Labute approximate surface area is 112 Å². The van der Waals surface area contributed by atoms with Gasteiger partial charge in [-0.1, -0.05) is 18.2 Å². The molecule has 19 heavy (non-hydrogen) atoms. The van der Waals surface area contributed by atoms with Crippen LogP contribution < -0.4 is 5.73 Å². The molecule has 2 aromatic heterocycles. The van der Waals surface area contributed by atoms with Crippen LogP contribution in [0.1, 0.15) is 11.4 Å². The van der Waals surface area contributed by atoms with Gasteiger partial charge in [0.05, 0.1) is 5.69 Å². The van der Waals surface area contributed by atoms with E-state index in [9.17, 15) is 0 Å². The van der Waals surface area contributed by atoms with Crippen molar-refractivity contribution in [2.75, 3.05) is 6.54 Å². The standard InChI is InChI=1S/C15H18N4/c1-10-13(7-8-16)18-15(19(10)2)12-9-17-14-6-4-3-5-11(12)14/h3-6,9,17H,7-8,16H2,1-2H3. The maximum absolute atomic E-state index is 5.64. The zero-order valence-corrected chi connectivity index (χ0v) is 11.3. The number of para-hydroxylation sites is 1. The number of hydrogen-bond acceptors (Lipinski definition) is 2. The molecule has 2 heterocycles. The van der Waals surface area contributed by atoms with Crippen molar-refractivity contribution in [2.24, 2.45) is 12.8 Å². The Morgan fingerprint density at radius 1 is 1.32 bits per heavy atom. The molecule has 0 bridgehead atoms. The molecule has 1 aromatic carbocycles. The highest BCUT2D eigenvalue weighted by Crippen LogP contribution is 2.28. The van der Waals surface area contributed by atoms with Crippen molar-refractivity contribution in [1.29, 1.82) is 0 Å². The lowest BCUT2D eigenvalue weighted by Gasteiger charge is -2.01. The summed E-state index contributed by atoms with van der Waals surface area (Å²) in [5.74, 6) is 0.999. The van der Waals surface area contributed by atoms with Crippen LogP contribution in [0.25, 0.3) is 22.3 Å². The third-order valence-electron chi connectivity index (χ3n) is 3.69. The van der Waals surface area contributed by atoms with Gasteiger partial charge >= 0.3 is 0 Å². The summed E-state index contributed by atoms with van der Waals surface area (Å²) in [7, 11) is 2.06. The zero-order chi connectivity index (χ0) is 13.4. The summed E-state index contributed by atoms with van der Waals surface area (Å²) in [5.41, 5.74) is 10.2. The summed E-state index contributed by atoms with van der Waals surface area (Å²) in [6, 6.07) is 8.28. The maximum Gasteiger partial charge on any atom is 0.142 e. The molecule has 0 atom stereocenters. The van der Waals surface area contributed by atoms with Crippen LogP contribution in [-0.4, -0.2) is 21.1 Å². The van der Waals surface area contributed by atoms with E-state index >= 15 is 0 Å². The van der Waals surface area contributed by atoms with Crippen LogP contribution in [-0.2, 0) is 13.5 Å². The topological polar surface area (TPSA) is 59.6 Å². The molecule has 0 radical (unpaired) electrons. The monoisotopic (exact) mass is 254 g/mol. The van der Waals surface area contributed by atoms with Gasteiger partial charge in [0.1, 0.15) is 5.82 Å². The minimum absolute atomic E-state index is 0.630. The van der Waals surface area contributed by atoms with Crippen LogP contribution in [0.15, 0.2) is 30.5 Å². The first kappa shape index (κ1) is 12.0. The highest BCUT2D eigenvalue weighted by atomic mass is 15.1. The van der Waals surface area contributed by atoms with Crippen molar-refractivity contribution in [3.63, 3.8) is 0 Å². The molecule has 0 aliphatic rings. The third-order valence-corrected chi connectivity index (χ3v) is 3.69. The molecular formula is C15H18N4. The molecule has 3 N–H and O–H groups in total. The lowest BCUT2D eigenvalue weighted by molar-refractivity contribution is 0.866. The Bertz CT molecular complexity index is 721. The Hall–Kier alpha value is -2.07. The molecule has 3 aromatic rings. The van der Waals surface area contributed by atoms with Crippen molar-refractivity contribution in [3.05, 3.63) is 41.9 Å². The van der Waals surface area contributed by atoms with Crippen LogP contribution in [0.2, 0.25) is 0 Å². The van der Waals surface area contributed by atoms with Crippen LogP contribution in [0.3, 0.4) is 0 Å². The van der Waals surface area contributed by atoms with E-state index in [1.54, 1.807) is 0 Å². The fourth-order valence-corrected chi connectivity index (χ4v) is 2.51. The largest absolute Gasteiger partial charge is 0.360 e. The van der Waals surface area contributed by atoms with Gasteiger partial charge in [-0.05, 0) is 19.5 Å². The van der Waals surface area contributed by atoms with Crippen molar-refractivity contribution < 1.29 is 0 Å². The molecular weight excluding hydrogens is 236 g/mol.